The molecule has 0 spiro atoms. The van der Waals surface area contributed by atoms with Crippen LogP contribution in [0.4, 0.5) is 0 Å². The second kappa shape index (κ2) is 6.60. The van der Waals surface area contributed by atoms with Gasteiger partial charge in [0, 0.05) is 4.88 Å². The van der Waals surface area contributed by atoms with Crippen molar-refractivity contribution in [2.45, 2.75) is 52.7 Å². The Bertz CT molecular complexity index is 498. The van der Waals surface area contributed by atoms with E-state index < -0.39 is 6.04 Å². The van der Waals surface area contributed by atoms with Crippen molar-refractivity contribution in [3.05, 3.63) is 22.4 Å². The fourth-order valence-corrected chi connectivity index (χ4v) is 3.45. The summed E-state index contributed by atoms with van der Waals surface area (Å²) in [5.74, 6) is 0.287. The zero-order valence-electron chi connectivity index (χ0n) is 13.1. The van der Waals surface area contributed by atoms with Crippen LogP contribution in [0.15, 0.2) is 17.5 Å². The van der Waals surface area contributed by atoms with Crippen LogP contribution in [-0.4, -0.2) is 28.8 Å². The summed E-state index contributed by atoms with van der Waals surface area (Å²) >= 11 is 1.63. The number of amides is 2. The molecule has 3 unspecified atom stereocenters. The zero-order chi connectivity index (χ0) is 15.6. The Hall–Kier alpha value is -1.36. The Morgan fingerprint density at radius 2 is 2.05 bits per heavy atom. The van der Waals surface area contributed by atoms with Gasteiger partial charge in [0.1, 0.15) is 12.1 Å². The van der Waals surface area contributed by atoms with Crippen LogP contribution in [-0.2, 0) is 16.1 Å². The topological polar surface area (TPSA) is 49.4 Å². The number of hydrogen-bond donors (Lipinski definition) is 1. The average Bonchev–Trinajstić information content (AvgIpc) is 2.94. The van der Waals surface area contributed by atoms with Gasteiger partial charge in [-0.2, -0.15) is 0 Å². The number of rotatable bonds is 5. The highest BCUT2D eigenvalue weighted by atomic mass is 32.1. The molecule has 2 rings (SSSR count). The van der Waals surface area contributed by atoms with Crippen molar-refractivity contribution in [3.63, 3.8) is 0 Å². The van der Waals surface area contributed by atoms with Crippen LogP contribution in [0, 0.1) is 11.8 Å². The molecular formula is C16H24N2O2S. The molecule has 1 N–H and O–H groups in total. The molecule has 116 valence electrons. The van der Waals surface area contributed by atoms with Crippen molar-refractivity contribution in [1.29, 1.82) is 0 Å². The summed E-state index contributed by atoms with van der Waals surface area (Å²) < 4.78 is 0. The number of nitrogens with one attached hydrogen (secondary N) is 1. The third-order valence-corrected chi connectivity index (χ3v) is 5.07. The maximum atomic E-state index is 12.8. The van der Waals surface area contributed by atoms with Gasteiger partial charge in [0.25, 0.3) is 0 Å². The summed E-state index contributed by atoms with van der Waals surface area (Å²) in [4.78, 5) is 28.2. The molecule has 1 aliphatic heterocycles. The minimum Gasteiger partial charge on any atom is -0.342 e. The van der Waals surface area contributed by atoms with Crippen molar-refractivity contribution in [3.8, 4) is 0 Å². The lowest BCUT2D eigenvalue weighted by Gasteiger charge is -2.42. The van der Waals surface area contributed by atoms with Gasteiger partial charge in [-0.05, 0) is 23.3 Å². The number of nitrogens with zero attached hydrogens (tertiary/aromatic N) is 1. The summed E-state index contributed by atoms with van der Waals surface area (Å²) in [6, 6.07) is 3.23. The van der Waals surface area contributed by atoms with Crippen molar-refractivity contribution >= 4 is 23.2 Å². The molecule has 1 aliphatic rings. The fraction of sp³-hybridized carbons (Fsp3) is 0.625. The van der Waals surface area contributed by atoms with Gasteiger partial charge in [-0.3, -0.25) is 9.59 Å². The molecule has 1 saturated heterocycles. The van der Waals surface area contributed by atoms with Gasteiger partial charge < -0.3 is 10.2 Å². The minimum absolute atomic E-state index is 0.0146. The van der Waals surface area contributed by atoms with Crippen molar-refractivity contribution < 1.29 is 9.59 Å². The smallest absolute Gasteiger partial charge is 0.246 e. The van der Waals surface area contributed by atoms with Gasteiger partial charge in [0.05, 0.1) is 6.54 Å². The van der Waals surface area contributed by atoms with E-state index in [1.165, 1.54) is 0 Å². The first kappa shape index (κ1) is 16.0. The summed E-state index contributed by atoms with van der Waals surface area (Å²) in [5, 5.41) is 4.92. The van der Waals surface area contributed by atoms with E-state index in [1.54, 1.807) is 16.2 Å². The second-order valence-electron chi connectivity index (χ2n) is 6.11. The lowest BCUT2D eigenvalue weighted by Crippen LogP contribution is -2.65. The number of carbonyl (C=O) groups excluding carboxylic acids is 2. The highest BCUT2D eigenvalue weighted by Crippen LogP contribution is 2.25. The minimum atomic E-state index is -0.405. The molecule has 21 heavy (non-hydrogen) atoms. The van der Waals surface area contributed by atoms with Crippen LogP contribution in [0.2, 0.25) is 0 Å². The fourth-order valence-electron chi connectivity index (χ4n) is 2.75. The molecule has 2 heterocycles. The zero-order valence-corrected chi connectivity index (χ0v) is 13.9. The number of carbonyl (C=O) groups is 2. The third-order valence-electron chi connectivity index (χ3n) is 4.21. The van der Waals surface area contributed by atoms with Gasteiger partial charge in [-0.15, -0.1) is 11.3 Å². The van der Waals surface area contributed by atoms with E-state index in [2.05, 4.69) is 12.2 Å². The molecular weight excluding hydrogens is 284 g/mol. The van der Waals surface area contributed by atoms with E-state index in [9.17, 15) is 9.59 Å². The van der Waals surface area contributed by atoms with Gasteiger partial charge in [0.2, 0.25) is 11.8 Å². The van der Waals surface area contributed by atoms with E-state index in [4.69, 9.17) is 0 Å². The molecule has 1 aromatic heterocycles. The van der Waals surface area contributed by atoms with Crippen LogP contribution in [0.5, 0.6) is 0 Å². The lowest BCUT2D eigenvalue weighted by molar-refractivity contribution is -0.153. The van der Waals surface area contributed by atoms with Gasteiger partial charge in [-0.25, -0.2) is 0 Å². The maximum Gasteiger partial charge on any atom is 0.246 e. The average molecular weight is 308 g/mol. The molecule has 3 atom stereocenters. The summed E-state index contributed by atoms with van der Waals surface area (Å²) in [5.41, 5.74) is 0. The highest BCUT2D eigenvalue weighted by Gasteiger charge is 2.43. The van der Waals surface area contributed by atoms with Crippen molar-refractivity contribution in [1.82, 2.24) is 10.2 Å². The first-order valence-electron chi connectivity index (χ1n) is 7.59. The van der Waals surface area contributed by atoms with Crippen LogP contribution in [0.1, 0.15) is 39.0 Å². The number of piperazine rings is 1. The molecule has 4 nitrogen and oxygen atoms in total. The Morgan fingerprint density at radius 1 is 1.33 bits per heavy atom. The standard InChI is InChI=1S/C16H24N2O2S/c1-5-11(4)14-15(19)17-13(10(2)3)16(20)18(14)9-12-7-6-8-21-12/h6-8,10-11,13-14H,5,9H2,1-4H3,(H,17,19). The summed E-state index contributed by atoms with van der Waals surface area (Å²) in [7, 11) is 0. The molecule has 0 saturated carbocycles. The highest BCUT2D eigenvalue weighted by molar-refractivity contribution is 7.09. The SMILES string of the molecule is CCC(C)C1C(=O)NC(C(C)C)C(=O)N1Cc1cccs1. The van der Waals surface area contributed by atoms with E-state index in [0.29, 0.717) is 6.54 Å². The Balaban J connectivity index is 2.30. The normalized spacial score (nSPS) is 24.3. The largest absolute Gasteiger partial charge is 0.342 e. The number of thiophene rings is 1. The molecule has 1 aromatic rings. The molecule has 0 bridgehead atoms. The third kappa shape index (κ3) is 3.28. The lowest BCUT2D eigenvalue weighted by atomic mass is 9.90. The van der Waals surface area contributed by atoms with E-state index >= 15 is 0 Å². The molecule has 1 fully saturated rings. The van der Waals surface area contributed by atoms with Gasteiger partial charge in [-0.1, -0.05) is 40.2 Å². The van der Waals surface area contributed by atoms with E-state index in [0.717, 1.165) is 11.3 Å². The predicted octanol–water partition coefficient (Wildman–Crippen LogP) is 2.65. The Morgan fingerprint density at radius 3 is 2.57 bits per heavy atom. The predicted molar refractivity (Wildman–Crippen MR) is 84.9 cm³/mol. The van der Waals surface area contributed by atoms with E-state index in [1.807, 2.05) is 38.3 Å². The summed E-state index contributed by atoms with van der Waals surface area (Å²) in [6.45, 7) is 8.56. The first-order chi connectivity index (χ1) is 9.95. The molecule has 0 aromatic carbocycles. The van der Waals surface area contributed by atoms with Crippen LogP contribution < -0.4 is 5.32 Å². The molecule has 5 heteroatoms. The van der Waals surface area contributed by atoms with Gasteiger partial charge in [0.15, 0.2) is 0 Å². The maximum absolute atomic E-state index is 12.8. The van der Waals surface area contributed by atoms with Crippen LogP contribution in [0.25, 0.3) is 0 Å². The second-order valence-corrected chi connectivity index (χ2v) is 7.14. The van der Waals surface area contributed by atoms with Crippen LogP contribution in [0.3, 0.4) is 0 Å². The molecule has 0 radical (unpaired) electrons. The number of hydrogen-bond acceptors (Lipinski definition) is 3. The monoisotopic (exact) mass is 308 g/mol. The first-order valence-corrected chi connectivity index (χ1v) is 8.46. The summed E-state index contributed by atoms with van der Waals surface area (Å²) in [6.07, 6.45) is 0.874. The molecule has 2 amide bonds. The Labute approximate surface area is 130 Å². The van der Waals surface area contributed by atoms with Crippen LogP contribution >= 0.6 is 11.3 Å². The van der Waals surface area contributed by atoms with Crippen molar-refractivity contribution in [2.75, 3.05) is 0 Å². The quantitative estimate of drug-likeness (QED) is 0.909. The van der Waals surface area contributed by atoms with E-state index in [-0.39, 0.29) is 29.7 Å². The molecule has 0 aliphatic carbocycles. The van der Waals surface area contributed by atoms with Crippen molar-refractivity contribution in [2.24, 2.45) is 11.8 Å². The Kier molecular flexibility index (Phi) is 5.04. The van der Waals surface area contributed by atoms with Gasteiger partial charge >= 0.3 is 0 Å².